The lowest BCUT2D eigenvalue weighted by molar-refractivity contribution is -0.0366. The molecule has 0 bridgehead atoms. The minimum absolute atomic E-state index is 0.0865. The second-order valence-electron chi connectivity index (χ2n) is 10.5. The molecule has 2 aliphatic rings. The van der Waals surface area contributed by atoms with Crippen molar-refractivity contribution in [1.29, 1.82) is 0 Å². The zero-order chi connectivity index (χ0) is 28.0. The Labute approximate surface area is 237 Å². The van der Waals surface area contributed by atoms with E-state index in [1.54, 1.807) is 17.5 Å². The van der Waals surface area contributed by atoms with Gasteiger partial charge in [0.05, 0.1) is 28.5 Å². The largest absolute Gasteiger partial charge is 0.384 e. The first-order valence-corrected chi connectivity index (χ1v) is 15.2. The molecule has 0 spiro atoms. The number of hydrogen-bond acceptors (Lipinski definition) is 6. The number of fused-ring (bicyclic) bond motifs is 2. The van der Waals surface area contributed by atoms with Crippen LogP contribution in [0.4, 0.5) is 5.82 Å². The number of nitrogens with zero attached hydrogens (tertiary/aromatic N) is 4. The minimum Gasteiger partial charge on any atom is -0.384 e. The van der Waals surface area contributed by atoms with Crippen LogP contribution in [0.15, 0.2) is 41.4 Å². The fraction of sp³-hybridized carbons (Fsp3) is 0.387. The third-order valence-corrected chi connectivity index (χ3v) is 8.68. The molecular formula is C31H36N6O2S. The second-order valence-corrected chi connectivity index (χ2v) is 11.3. The number of carbonyl (C=O) groups is 1. The predicted molar refractivity (Wildman–Crippen MR) is 161 cm³/mol. The van der Waals surface area contributed by atoms with Gasteiger partial charge < -0.3 is 16.2 Å². The van der Waals surface area contributed by atoms with E-state index in [0.717, 1.165) is 77.6 Å². The van der Waals surface area contributed by atoms with Crippen LogP contribution >= 0.6 is 11.3 Å². The summed E-state index contributed by atoms with van der Waals surface area (Å²) in [5.74, 6) is 0.216. The van der Waals surface area contributed by atoms with Gasteiger partial charge in [0.15, 0.2) is 6.23 Å². The molecule has 1 atom stereocenters. The summed E-state index contributed by atoms with van der Waals surface area (Å²) in [6.45, 7) is 6.81. The van der Waals surface area contributed by atoms with E-state index in [0.29, 0.717) is 29.1 Å². The number of amides is 1. The van der Waals surface area contributed by atoms with Crippen LogP contribution in [0.3, 0.4) is 0 Å². The third kappa shape index (κ3) is 4.37. The highest BCUT2D eigenvalue weighted by Crippen LogP contribution is 2.45. The molecular weight excluding hydrogens is 520 g/mol. The van der Waals surface area contributed by atoms with Crippen LogP contribution in [0.2, 0.25) is 0 Å². The molecule has 4 N–H and O–H groups in total. The molecule has 5 aromatic rings. The number of ether oxygens (including phenoxy) is 1. The number of primary amides is 1. The van der Waals surface area contributed by atoms with Gasteiger partial charge in [0.25, 0.3) is 5.91 Å². The van der Waals surface area contributed by atoms with E-state index < -0.39 is 5.91 Å². The molecule has 9 heteroatoms. The summed E-state index contributed by atoms with van der Waals surface area (Å²) in [5.41, 5.74) is 20.3. The number of nitrogen functional groups attached to an aromatic ring is 1. The van der Waals surface area contributed by atoms with E-state index in [2.05, 4.69) is 35.9 Å². The third-order valence-electron chi connectivity index (χ3n) is 7.95. The van der Waals surface area contributed by atoms with E-state index in [1.165, 1.54) is 5.56 Å². The predicted octanol–water partition coefficient (Wildman–Crippen LogP) is 6.62. The molecule has 1 saturated heterocycles. The van der Waals surface area contributed by atoms with Crippen LogP contribution < -0.4 is 11.5 Å². The lowest BCUT2D eigenvalue weighted by Gasteiger charge is -2.23. The Balaban J connectivity index is 0.00000142. The van der Waals surface area contributed by atoms with Gasteiger partial charge in [0.1, 0.15) is 5.82 Å². The maximum absolute atomic E-state index is 12.8. The summed E-state index contributed by atoms with van der Waals surface area (Å²) >= 11 is 1.68. The van der Waals surface area contributed by atoms with Gasteiger partial charge >= 0.3 is 0 Å². The highest BCUT2D eigenvalue weighted by atomic mass is 32.1. The number of rotatable bonds is 6. The molecule has 1 aliphatic carbocycles. The Morgan fingerprint density at radius 1 is 1.12 bits per heavy atom. The number of thiophene rings is 1. The van der Waals surface area contributed by atoms with E-state index >= 15 is 0 Å². The van der Waals surface area contributed by atoms with Gasteiger partial charge in [-0.3, -0.25) is 14.3 Å². The summed E-state index contributed by atoms with van der Waals surface area (Å²) in [4.78, 5) is 17.7. The zero-order valence-corrected chi connectivity index (χ0v) is 24.1. The SMILES string of the molecule is CC.Cc1ccc2c(cnn2C2CCCCO2)c1-n1c(N)c(C(N)=O)c2cnc(C3CC3)c(Cc3ccsc3)c21. The van der Waals surface area contributed by atoms with Gasteiger partial charge in [-0.25, -0.2) is 4.68 Å². The number of anilines is 1. The summed E-state index contributed by atoms with van der Waals surface area (Å²) in [5, 5.41) is 10.7. The summed E-state index contributed by atoms with van der Waals surface area (Å²) in [6.07, 6.45) is 9.68. The molecule has 7 rings (SSSR count). The first kappa shape index (κ1) is 26.5. The highest BCUT2D eigenvalue weighted by Gasteiger charge is 2.32. The van der Waals surface area contributed by atoms with Gasteiger partial charge in [0, 0.05) is 47.2 Å². The lowest BCUT2D eigenvalue weighted by Crippen LogP contribution is -2.19. The Morgan fingerprint density at radius 2 is 1.95 bits per heavy atom. The molecule has 8 nitrogen and oxygen atoms in total. The van der Waals surface area contributed by atoms with Crippen molar-refractivity contribution in [3.05, 3.63) is 69.3 Å². The molecule has 1 aliphatic heterocycles. The minimum atomic E-state index is -0.551. The van der Waals surface area contributed by atoms with E-state index in [9.17, 15) is 4.79 Å². The molecule has 0 radical (unpaired) electrons. The smallest absolute Gasteiger partial charge is 0.253 e. The molecule has 1 saturated carbocycles. The molecule has 1 aromatic carbocycles. The Morgan fingerprint density at radius 3 is 2.62 bits per heavy atom. The van der Waals surface area contributed by atoms with Crippen LogP contribution in [0.5, 0.6) is 0 Å². The number of pyridine rings is 1. The lowest BCUT2D eigenvalue weighted by atomic mass is 9.99. The van der Waals surface area contributed by atoms with Gasteiger partial charge in [-0.05, 0) is 73.0 Å². The number of nitrogens with two attached hydrogens (primary N) is 2. The van der Waals surface area contributed by atoms with Crippen molar-refractivity contribution in [3.8, 4) is 5.69 Å². The first-order chi connectivity index (χ1) is 19.5. The summed E-state index contributed by atoms with van der Waals surface area (Å²) in [7, 11) is 0. The van der Waals surface area contributed by atoms with E-state index in [4.69, 9.17) is 26.3 Å². The van der Waals surface area contributed by atoms with Crippen LogP contribution in [-0.4, -0.2) is 31.8 Å². The highest BCUT2D eigenvalue weighted by molar-refractivity contribution is 7.07. The van der Waals surface area contributed by atoms with E-state index in [-0.39, 0.29) is 6.23 Å². The number of aromatic nitrogens is 4. The van der Waals surface area contributed by atoms with Crippen molar-refractivity contribution < 1.29 is 9.53 Å². The first-order valence-electron chi connectivity index (χ1n) is 14.2. The van der Waals surface area contributed by atoms with Gasteiger partial charge in [0.2, 0.25) is 0 Å². The van der Waals surface area contributed by atoms with Gasteiger partial charge in [-0.15, -0.1) is 0 Å². The molecule has 4 aromatic heterocycles. The fourth-order valence-corrected chi connectivity index (χ4v) is 6.66. The van der Waals surface area contributed by atoms with Crippen molar-refractivity contribution in [2.45, 2.75) is 71.4 Å². The van der Waals surface area contributed by atoms with Crippen LogP contribution in [0.25, 0.3) is 27.5 Å². The summed E-state index contributed by atoms with van der Waals surface area (Å²) < 4.78 is 10.1. The monoisotopic (exact) mass is 556 g/mol. The van der Waals surface area contributed by atoms with Crippen LogP contribution in [0, 0.1) is 6.92 Å². The average molecular weight is 557 g/mol. The number of aryl methyl sites for hydroxylation is 1. The Kier molecular flexibility index (Phi) is 7.10. The molecule has 40 heavy (non-hydrogen) atoms. The molecule has 2 fully saturated rings. The normalized spacial score (nSPS) is 17.2. The van der Waals surface area contributed by atoms with Crippen molar-refractivity contribution in [2.24, 2.45) is 5.73 Å². The van der Waals surface area contributed by atoms with Crippen LogP contribution in [-0.2, 0) is 11.2 Å². The number of carbonyl (C=O) groups excluding carboxylic acids is 1. The van der Waals surface area contributed by atoms with Crippen molar-refractivity contribution in [3.63, 3.8) is 0 Å². The molecule has 5 heterocycles. The molecule has 1 amide bonds. The summed E-state index contributed by atoms with van der Waals surface area (Å²) in [6, 6.07) is 6.33. The van der Waals surface area contributed by atoms with Gasteiger partial charge in [-0.1, -0.05) is 19.9 Å². The fourth-order valence-electron chi connectivity index (χ4n) is 6.00. The van der Waals surface area contributed by atoms with Crippen molar-refractivity contribution in [1.82, 2.24) is 19.3 Å². The topological polar surface area (TPSA) is 114 Å². The zero-order valence-electron chi connectivity index (χ0n) is 23.3. The standard InChI is InChI=1S/C29H30N6O2S.C2H6/c1-16-5-8-22-20(14-33-35(22)23-4-2-3-10-37-23)26(16)34-27-19(12-17-9-11-38-15-17)25(18-6-7-18)32-13-21(27)24(28(34)30)29(31)36;1-2/h5,8-9,11,13-15,18,23H,2-4,6-7,10,12,30H2,1H3,(H2,31,36);1-2H3. The van der Waals surface area contributed by atoms with Crippen LogP contribution in [0.1, 0.15) is 90.8 Å². The molecule has 208 valence electrons. The Bertz CT molecular complexity index is 1690. The number of benzene rings is 1. The van der Waals surface area contributed by atoms with Crippen molar-refractivity contribution in [2.75, 3.05) is 12.3 Å². The van der Waals surface area contributed by atoms with Crippen molar-refractivity contribution >= 4 is 44.9 Å². The molecule has 1 unspecified atom stereocenters. The second kappa shape index (κ2) is 10.7. The average Bonchev–Trinajstić information content (AvgIpc) is 3.37. The Hall–Kier alpha value is -3.69. The van der Waals surface area contributed by atoms with E-state index in [1.807, 2.05) is 29.3 Å². The maximum atomic E-state index is 12.8. The quantitative estimate of drug-likeness (QED) is 0.244. The number of hydrogen-bond donors (Lipinski definition) is 2. The van der Waals surface area contributed by atoms with Gasteiger partial charge in [-0.2, -0.15) is 16.4 Å². The maximum Gasteiger partial charge on any atom is 0.253 e.